The molecule has 370 valence electrons. The highest BCUT2D eigenvalue weighted by Crippen LogP contribution is 2.47. The fourth-order valence-corrected chi connectivity index (χ4v) is 8.29. The predicted octanol–water partition coefficient (Wildman–Crippen LogP) is 17.1. The molecule has 0 aliphatic rings. The number of benzene rings is 4. The van der Waals surface area contributed by atoms with Crippen molar-refractivity contribution < 1.29 is 38.0 Å². The number of hydrogen-bond donors (Lipinski definition) is 0. The fraction of sp³-hybridized carbons (Fsp3) is 0.672. The fourth-order valence-electron chi connectivity index (χ4n) is 8.29. The first-order valence-corrected chi connectivity index (χ1v) is 26.9. The van der Waals surface area contributed by atoms with Gasteiger partial charge in [0.15, 0.2) is 34.5 Å². The molecule has 0 saturated carbocycles. The Morgan fingerprint density at radius 2 is 0.545 bits per heavy atom. The molecule has 4 rings (SSSR count). The maximum Gasteiger partial charge on any atom is 0.308 e. The van der Waals surface area contributed by atoms with Gasteiger partial charge in [-0.15, -0.1) is 0 Å². The summed E-state index contributed by atoms with van der Waals surface area (Å²) in [7, 11) is 0. The molecular weight excluding hydrogens is 825 g/mol. The minimum atomic E-state index is -0.113. The number of carbonyl (C=O) groups excluding carboxylic acids is 1. The molecule has 4 aromatic rings. The summed E-state index contributed by atoms with van der Waals surface area (Å²) >= 11 is 0. The summed E-state index contributed by atoms with van der Waals surface area (Å²) in [6, 6.07) is 13.2. The van der Waals surface area contributed by atoms with Crippen molar-refractivity contribution >= 4 is 38.3 Å². The lowest BCUT2D eigenvalue weighted by Gasteiger charge is -2.21. The molecule has 66 heavy (non-hydrogen) atoms. The number of rotatable bonds is 39. The Morgan fingerprint density at radius 1 is 0.333 bits per heavy atom. The number of ether oxygens (including phenoxy) is 7. The number of carbonyl (C=O) groups is 1. The number of unbranched alkanes of at least 4 members (excludes halogenated alkanes) is 17. The highest BCUT2D eigenvalue weighted by atomic mass is 16.5. The van der Waals surface area contributed by atoms with Crippen LogP contribution in [0.5, 0.6) is 34.5 Å². The minimum absolute atomic E-state index is 0.0664. The second kappa shape index (κ2) is 32.6. The first-order valence-electron chi connectivity index (χ1n) is 26.9. The zero-order valence-electron chi connectivity index (χ0n) is 42.7. The van der Waals surface area contributed by atoms with Gasteiger partial charge in [-0.25, -0.2) is 0 Å². The molecule has 0 fully saturated rings. The number of hydrogen-bond acceptors (Lipinski definition) is 8. The monoisotopic (exact) mass is 915 g/mol. The molecule has 1 atom stereocenters. The molecule has 0 radical (unpaired) electrons. The first kappa shape index (κ1) is 54.5. The van der Waals surface area contributed by atoms with E-state index in [1.165, 1.54) is 64.2 Å². The molecule has 0 N–H and O–H groups in total. The molecule has 0 aliphatic carbocycles. The molecule has 0 bridgehead atoms. The quantitative estimate of drug-likeness (QED) is 0.0249. The van der Waals surface area contributed by atoms with Crippen LogP contribution < -0.4 is 28.4 Å². The first-order chi connectivity index (χ1) is 32.4. The zero-order valence-corrected chi connectivity index (χ0v) is 42.7. The van der Waals surface area contributed by atoms with Gasteiger partial charge >= 0.3 is 5.97 Å². The van der Waals surface area contributed by atoms with E-state index in [0.29, 0.717) is 46.2 Å². The molecule has 0 aliphatic heterocycles. The largest absolute Gasteiger partial charge is 0.490 e. The van der Waals surface area contributed by atoms with Crippen molar-refractivity contribution in [2.45, 2.75) is 203 Å². The summed E-state index contributed by atoms with van der Waals surface area (Å²) in [5.41, 5.74) is 0. The predicted molar refractivity (Wildman–Crippen MR) is 277 cm³/mol. The summed E-state index contributed by atoms with van der Waals surface area (Å²) in [6.07, 6.45) is 25.9. The van der Waals surface area contributed by atoms with Crippen molar-refractivity contribution in [1.82, 2.24) is 0 Å². The van der Waals surface area contributed by atoms with E-state index in [4.69, 9.17) is 33.2 Å². The Bertz CT molecular complexity index is 1910. The normalized spacial score (nSPS) is 11.9. The molecule has 8 nitrogen and oxygen atoms in total. The summed E-state index contributed by atoms with van der Waals surface area (Å²) in [5, 5.41) is 6.45. The van der Waals surface area contributed by atoms with Gasteiger partial charge in [-0.1, -0.05) is 145 Å². The van der Waals surface area contributed by atoms with Crippen molar-refractivity contribution in [2.75, 3.05) is 46.2 Å². The van der Waals surface area contributed by atoms with E-state index in [2.05, 4.69) is 71.0 Å². The number of esters is 1. The summed E-state index contributed by atoms with van der Waals surface area (Å²) < 4.78 is 45.5. The van der Waals surface area contributed by atoms with Crippen molar-refractivity contribution in [3.05, 3.63) is 36.4 Å². The van der Waals surface area contributed by atoms with Crippen LogP contribution in [0.15, 0.2) is 36.4 Å². The smallest absolute Gasteiger partial charge is 0.308 e. The van der Waals surface area contributed by atoms with Gasteiger partial charge in [0.2, 0.25) is 0 Å². The highest BCUT2D eigenvalue weighted by Gasteiger charge is 2.21. The molecule has 0 amide bonds. The molecule has 0 spiro atoms. The Kier molecular flexibility index (Phi) is 26.9. The van der Waals surface area contributed by atoms with Gasteiger partial charge in [0, 0.05) is 0 Å². The lowest BCUT2D eigenvalue weighted by atomic mass is 9.93. The third-order valence-electron chi connectivity index (χ3n) is 12.7. The molecule has 1 unspecified atom stereocenters. The maximum absolute atomic E-state index is 12.2. The van der Waals surface area contributed by atoms with Crippen LogP contribution in [-0.2, 0) is 9.53 Å². The zero-order chi connectivity index (χ0) is 47.2. The number of fused-ring (bicyclic) bond motifs is 6. The van der Waals surface area contributed by atoms with Crippen molar-refractivity contribution in [3.63, 3.8) is 0 Å². The Labute approximate surface area is 400 Å². The van der Waals surface area contributed by atoms with Gasteiger partial charge in [-0.3, -0.25) is 4.79 Å². The van der Waals surface area contributed by atoms with Crippen LogP contribution in [-0.4, -0.2) is 52.2 Å². The summed E-state index contributed by atoms with van der Waals surface area (Å²) in [6.45, 7) is 19.3. The van der Waals surface area contributed by atoms with Crippen LogP contribution in [0.1, 0.15) is 203 Å². The van der Waals surface area contributed by atoms with Crippen LogP contribution in [0.25, 0.3) is 32.3 Å². The Morgan fingerprint density at radius 3 is 0.758 bits per heavy atom. The maximum atomic E-state index is 12.2. The third-order valence-corrected chi connectivity index (χ3v) is 12.7. The standard InChI is InChI=1S/C58H90O8/c1-8-14-19-25-32-60-52-39-46-47-40-53(61-33-26-20-15-9-2)55(63-35-28-22-17-11-4)42-49(47)51-44-57(65-37-30-24-31-38-66-58(59)45(7)13-6)56(64-36-29-23-18-12-5)43-50(51)48(46)41-54(52)62-34-27-21-16-10-3/h39-45H,8-38H2,1-7H3. The summed E-state index contributed by atoms with van der Waals surface area (Å²) in [5.74, 6) is 4.44. The molecule has 0 heterocycles. The Hall–Kier alpha value is -4.07. The van der Waals surface area contributed by atoms with Crippen LogP contribution in [0.4, 0.5) is 0 Å². The van der Waals surface area contributed by atoms with Gasteiger partial charge in [0.25, 0.3) is 0 Å². The molecule has 4 aromatic carbocycles. The summed E-state index contributed by atoms with van der Waals surface area (Å²) in [4.78, 5) is 12.2. The van der Waals surface area contributed by atoms with Crippen LogP contribution >= 0.6 is 0 Å². The third kappa shape index (κ3) is 18.2. The topological polar surface area (TPSA) is 81.7 Å². The lowest BCUT2D eigenvalue weighted by Crippen LogP contribution is -2.14. The van der Waals surface area contributed by atoms with Crippen LogP contribution in [0, 0.1) is 5.92 Å². The van der Waals surface area contributed by atoms with E-state index < -0.39 is 0 Å². The Balaban J connectivity index is 1.88. The second-order valence-electron chi connectivity index (χ2n) is 18.5. The molecule has 0 saturated heterocycles. The van der Waals surface area contributed by atoms with Crippen molar-refractivity contribution in [3.8, 4) is 34.5 Å². The van der Waals surface area contributed by atoms with Crippen LogP contribution in [0.2, 0.25) is 0 Å². The average Bonchev–Trinajstić information content (AvgIpc) is 3.33. The minimum Gasteiger partial charge on any atom is -0.490 e. The van der Waals surface area contributed by atoms with Gasteiger partial charge in [-0.05, 0) is 127 Å². The SMILES string of the molecule is CCCCCCOc1cc2c3cc(OCCCCCC)c(OCCCCCC)cc3c3cc(OCCCCCOC(=O)C(C)CC)c(OCCCCCC)cc3c2cc1OCCCCCC. The van der Waals surface area contributed by atoms with E-state index in [1.807, 2.05) is 13.8 Å². The van der Waals surface area contributed by atoms with E-state index in [0.717, 1.165) is 157 Å². The van der Waals surface area contributed by atoms with Crippen molar-refractivity contribution in [1.29, 1.82) is 0 Å². The van der Waals surface area contributed by atoms with E-state index in [-0.39, 0.29) is 11.9 Å². The van der Waals surface area contributed by atoms with Gasteiger partial charge in [0.05, 0.1) is 52.2 Å². The van der Waals surface area contributed by atoms with Gasteiger partial charge in [0.1, 0.15) is 0 Å². The molecule has 0 aromatic heterocycles. The molecule has 8 heteroatoms. The lowest BCUT2D eigenvalue weighted by molar-refractivity contribution is -0.148. The van der Waals surface area contributed by atoms with E-state index in [9.17, 15) is 4.79 Å². The van der Waals surface area contributed by atoms with Crippen molar-refractivity contribution in [2.24, 2.45) is 5.92 Å². The highest BCUT2D eigenvalue weighted by molar-refractivity contribution is 6.26. The second-order valence-corrected chi connectivity index (χ2v) is 18.5. The van der Waals surface area contributed by atoms with Gasteiger partial charge < -0.3 is 33.2 Å². The molecular formula is C58H90O8. The van der Waals surface area contributed by atoms with Crippen LogP contribution in [0.3, 0.4) is 0 Å². The average molecular weight is 915 g/mol. The van der Waals surface area contributed by atoms with E-state index >= 15 is 0 Å². The van der Waals surface area contributed by atoms with Gasteiger partial charge in [-0.2, -0.15) is 0 Å². The van der Waals surface area contributed by atoms with E-state index in [1.54, 1.807) is 0 Å².